The fourth-order valence-electron chi connectivity index (χ4n) is 3.00. The van der Waals surface area contributed by atoms with Crippen molar-refractivity contribution in [2.75, 3.05) is 0 Å². The second-order valence-corrected chi connectivity index (χ2v) is 5.40. The van der Waals surface area contributed by atoms with Gasteiger partial charge in [0.15, 0.2) is 0 Å². The summed E-state index contributed by atoms with van der Waals surface area (Å²) in [5.74, 6) is -2.45. The minimum Gasteiger partial charge on any atom is -0.481 e. The van der Waals surface area contributed by atoms with E-state index in [0.717, 1.165) is 5.56 Å². The highest BCUT2D eigenvalue weighted by atomic mass is 16.4. The highest BCUT2D eigenvalue weighted by Gasteiger charge is 2.44. The number of aliphatic carboxylic acids is 1. The summed E-state index contributed by atoms with van der Waals surface area (Å²) in [6, 6.07) is 8.78. The van der Waals surface area contributed by atoms with Crippen molar-refractivity contribution in [1.29, 1.82) is 0 Å². The first-order chi connectivity index (χ1) is 10.1. The van der Waals surface area contributed by atoms with Gasteiger partial charge in [0.1, 0.15) is 0 Å². The molecule has 0 bridgehead atoms. The molecule has 2 amide bonds. The Morgan fingerprint density at radius 2 is 1.86 bits per heavy atom. The average molecular weight is 285 g/mol. The largest absolute Gasteiger partial charge is 0.481 e. The number of likely N-dealkylation sites (tertiary alicyclic amines) is 1. The number of carboxylic acids is 1. The standard InChI is InChI=1S/C16H15NO4/c18-14-9-13(10-4-2-1-3-5-10)15(19)17(14)12-7-6-11(8-12)16(20)21/h1-7,11-13H,8-9H2,(H,20,21). The van der Waals surface area contributed by atoms with Crippen LogP contribution in [0.25, 0.3) is 0 Å². The first-order valence-corrected chi connectivity index (χ1v) is 6.90. The van der Waals surface area contributed by atoms with Crippen LogP contribution in [0.3, 0.4) is 0 Å². The number of amides is 2. The Bertz CT molecular complexity index is 622. The lowest BCUT2D eigenvalue weighted by Crippen LogP contribution is -2.38. The van der Waals surface area contributed by atoms with Gasteiger partial charge < -0.3 is 5.11 Å². The maximum Gasteiger partial charge on any atom is 0.310 e. The van der Waals surface area contributed by atoms with Gasteiger partial charge in [0.05, 0.1) is 17.9 Å². The molecule has 0 saturated carbocycles. The number of hydrogen-bond acceptors (Lipinski definition) is 3. The molecular weight excluding hydrogens is 270 g/mol. The molecule has 21 heavy (non-hydrogen) atoms. The normalized spacial score (nSPS) is 28.4. The summed E-state index contributed by atoms with van der Waals surface area (Å²) in [7, 11) is 0. The summed E-state index contributed by atoms with van der Waals surface area (Å²) < 4.78 is 0. The molecule has 0 spiro atoms. The molecule has 5 nitrogen and oxygen atoms in total. The third-order valence-corrected chi connectivity index (χ3v) is 4.09. The highest BCUT2D eigenvalue weighted by Crippen LogP contribution is 2.34. The lowest BCUT2D eigenvalue weighted by atomic mass is 9.98. The predicted molar refractivity (Wildman–Crippen MR) is 74.3 cm³/mol. The lowest BCUT2D eigenvalue weighted by Gasteiger charge is -2.21. The van der Waals surface area contributed by atoms with Gasteiger partial charge in [-0.3, -0.25) is 19.3 Å². The average Bonchev–Trinajstić information content (AvgIpc) is 3.05. The SMILES string of the molecule is O=C(O)C1C=CC(N2C(=O)CC(c3ccccc3)C2=O)C1. The molecule has 1 aliphatic heterocycles. The molecule has 1 aromatic carbocycles. The first-order valence-electron chi connectivity index (χ1n) is 6.90. The second-order valence-electron chi connectivity index (χ2n) is 5.40. The molecule has 1 fully saturated rings. The van der Waals surface area contributed by atoms with Gasteiger partial charge in [-0.05, 0) is 12.0 Å². The van der Waals surface area contributed by atoms with Crippen LogP contribution in [0.5, 0.6) is 0 Å². The van der Waals surface area contributed by atoms with Gasteiger partial charge >= 0.3 is 5.97 Å². The summed E-state index contributed by atoms with van der Waals surface area (Å²) >= 11 is 0. The van der Waals surface area contributed by atoms with Gasteiger partial charge in [0.25, 0.3) is 0 Å². The molecule has 108 valence electrons. The number of nitrogens with zero attached hydrogens (tertiary/aromatic N) is 1. The van der Waals surface area contributed by atoms with Gasteiger partial charge in [0.2, 0.25) is 11.8 Å². The summed E-state index contributed by atoms with van der Waals surface area (Å²) in [6.45, 7) is 0. The minimum atomic E-state index is -0.924. The molecule has 3 unspecified atom stereocenters. The minimum absolute atomic E-state index is 0.158. The van der Waals surface area contributed by atoms with Crippen molar-refractivity contribution in [2.24, 2.45) is 5.92 Å². The van der Waals surface area contributed by atoms with Gasteiger partial charge in [-0.25, -0.2) is 0 Å². The fraction of sp³-hybridized carbons (Fsp3) is 0.312. The van der Waals surface area contributed by atoms with Crippen molar-refractivity contribution >= 4 is 17.8 Å². The molecule has 1 N–H and O–H groups in total. The Hall–Kier alpha value is -2.43. The van der Waals surface area contributed by atoms with Crippen molar-refractivity contribution in [3.8, 4) is 0 Å². The van der Waals surface area contributed by atoms with Crippen LogP contribution in [0, 0.1) is 5.92 Å². The van der Waals surface area contributed by atoms with Crippen LogP contribution >= 0.6 is 0 Å². The Morgan fingerprint density at radius 3 is 2.48 bits per heavy atom. The van der Waals surface area contributed by atoms with E-state index in [9.17, 15) is 14.4 Å². The molecule has 0 aromatic heterocycles. The van der Waals surface area contributed by atoms with Crippen LogP contribution < -0.4 is 0 Å². The van der Waals surface area contributed by atoms with Crippen molar-refractivity contribution in [2.45, 2.75) is 24.8 Å². The quantitative estimate of drug-likeness (QED) is 0.675. The van der Waals surface area contributed by atoms with Crippen molar-refractivity contribution in [1.82, 2.24) is 4.90 Å². The maximum absolute atomic E-state index is 12.5. The van der Waals surface area contributed by atoms with E-state index in [2.05, 4.69) is 0 Å². The molecule has 1 saturated heterocycles. The third kappa shape index (κ3) is 2.35. The zero-order valence-electron chi connectivity index (χ0n) is 11.3. The van der Waals surface area contributed by atoms with Gasteiger partial charge in [-0.2, -0.15) is 0 Å². The molecule has 1 heterocycles. The van der Waals surface area contributed by atoms with E-state index in [-0.39, 0.29) is 24.7 Å². The maximum atomic E-state index is 12.5. The summed E-state index contributed by atoms with van der Waals surface area (Å²) in [6.07, 6.45) is 3.64. The molecule has 3 atom stereocenters. The molecule has 5 heteroatoms. The molecule has 3 rings (SSSR count). The fourth-order valence-corrected chi connectivity index (χ4v) is 3.00. The van der Waals surface area contributed by atoms with E-state index in [1.54, 1.807) is 12.2 Å². The number of carbonyl (C=O) groups is 3. The van der Waals surface area contributed by atoms with E-state index in [1.807, 2.05) is 30.3 Å². The number of rotatable bonds is 3. The van der Waals surface area contributed by atoms with Crippen LogP contribution in [-0.4, -0.2) is 33.8 Å². The van der Waals surface area contributed by atoms with Gasteiger partial charge in [-0.1, -0.05) is 42.5 Å². The second kappa shape index (κ2) is 5.16. The number of hydrogen-bond donors (Lipinski definition) is 1. The van der Waals surface area contributed by atoms with E-state index >= 15 is 0 Å². The topological polar surface area (TPSA) is 74.7 Å². The van der Waals surface area contributed by atoms with Crippen molar-refractivity contribution < 1.29 is 19.5 Å². The highest BCUT2D eigenvalue weighted by molar-refractivity contribution is 6.06. The van der Waals surface area contributed by atoms with E-state index < -0.39 is 23.8 Å². The molecular formula is C16H15NO4. The first kappa shape index (κ1) is 13.5. The van der Waals surface area contributed by atoms with Gasteiger partial charge in [0, 0.05) is 6.42 Å². The Morgan fingerprint density at radius 1 is 1.14 bits per heavy atom. The van der Waals surface area contributed by atoms with Crippen LogP contribution in [0.4, 0.5) is 0 Å². The van der Waals surface area contributed by atoms with E-state index in [1.165, 1.54) is 4.90 Å². The Kier molecular flexibility index (Phi) is 3.33. The monoisotopic (exact) mass is 285 g/mol. The summed E-state index contributed by atoms with van der Waals surface area (Å²) in [4.78, 5) is 36.9. The molecule has 0 radical (unpaired) electrons. The van der Waals surface area contributed by atoms with Crippen LogP contribution in [0.1, 0.15) is 24.3 Å². The number of carbonyl (C=O) groups excluding carboxylic acids is 2. The Labute approximate surface area is 121 Å². The zero-order chi connectivity index (χ0) is 15.0. The van der Waals surface area contributed by atoms with Crippen molar-refractivity contribution in [3.05, 3.63) is 48.0 Å². The van der Waals surface area contributed by atoms with E-state index in [0.29, 0.717) is 0 Å². The zero-order valence-corrected chi connectivity index (χ0v) is 11.3. The van der Waals surface area contributed by atoms with E-state index in [4.69, 9.17) is 5.11 Å². The molecule has 1 aliphatic carbocycles. The number of carboxylic acid groups (broad SMARTS) is 1. The number of benzene rings is 1. The predicted octanol–water partition coefficient (Wildman–Crippen LogP) is 1.56. The third-order valence-electron chi connectivity index (χ3n) is 4.09. The van der Waals surface area contributed by atoms with Crippen LogP contribution in [-0.2, 0) is 14.4 Å². The smallest absolute Gasteiger partial charge is 0.310 e. The van der Waals surface area contributed by atoms with Gasteiger partial charge in [-0.15, -0.1) is 0 Å². The summed E-state index contributed by atoms with van der Waals surface area (Å²) in [5.41, 5.74) is 0.829. The molecule has 1 aromatic rings. The summed E-state index contributed by atoms with van der Waals surface area (Å²) in [5, 5.41) is 9.00. The molecule has 2 aliphatic rings. The van der Waals surface area contributed by atoms with Crippen molar-refractivity contribution in [3.63, 3.8) is 0 Å². The lowest BCUT2D eigenvalue weighted by molar-refractivity contribution is -0.144. The van der Waals surface area contributed by atoms with Crippen LogP contribution in [0.15, 0.2) is 42.5 Å². The van der Waals surface area contributed by atoms with Crippen LogP contribution in [0.2, 0.25) is 0 Å². The number of imide groups is 1. The Balaban J connectivity index is 1.79.